The minimum atomic E-state index is -0.364. The third-order valence-electron chi connectivity index (χ3n) is 2.89. The van der Waals surface area contributed by atoms with E-state index >= 15 is 0 Å². The van der Waals surface area contributed by atoms with Crippen molar-refractivity contribution in [1.29, 1.82) is 0 Å². The zero-order valence-electron chi connectivity index (χ0n) is 9.94. The first-order chi connectivity index (χ1) is 8.65. The fourth-order valence-electron chi connectivity index (χ4n) is 1.92. The standard InChI is InChI=1S/C14H13BrO3/c1-18-14(17)13-7-11-6-12(16)5-4-9(11)2-3-10(13)8-15/h3-7,16H,2,8H2,1H3. The van der Waals surface area contributed by atoms with Crippen LogP contribution in [0.25, 0.3) is 6.08 Å². The molecule has 0 unspecified atom stereocenters. The summed E-state index contributed by atoms with van der Waals surface area (Å²) in [5.74, 6) is -0.173. The summed E-state index contributed by atoms with van der Waals surface area (Å²) in [7, 11) is 1.36. The molecule has 18 heavy (non-hydrogen) atoms. The summed E-state index contributed by atoms with van der Waals surface area (Å²) in [6.07, 6.45) is 4.49. The van der Waals surface area contributed by atoms with Gasteiger partial charge in [0, 0.05) is 5.33 Å². The lowest BCUT2D eigenvalue weighted by Crippen LogP contribution is -2.07. The minimum absolute atomic E-state index is 0.191. The first-order valence-corrected chi connectivity index (χ1v) is 6.65. The van der Waals surface area contributed by atoms with Crippen molar-refractivity contribution in [2.75, 3.05) is 12.4 Å². The van der Waals surface area contributed by atoms with Crippen LogP contribution in [0.4, 0.5) is 0 Å². The van der Waals surface area contributed by atoms with Gasteiger partial charge in [-0.2, -0.15) is 0 Å². The van der Waals surface area contributed by atoms with Gasteiger partial charge >= 0.3 is 5.97 Å². The number of esters is 1. The van der Waals surface area contributed by atoms with Crippen LogP contribution >= 0.6 is 15.9 Å². The van der Waals surface area contributed by atoms with Gasteiger partial charge in [-0.15, -0.1) is 0 Å². The van der Waals surface area contributed by atoms with Crippen LogP contribution in [-0.4, -0.2) is 23.5 Å². The van der Waals surface area contributed by atoms with Gasteiger partial charge in [0.2, 0.25) is 0 Å². The van der Waals surface area contributed by atoms with E-state index in [0.29, 0.717) is 10.9 Å². The molecule has 4 heteroatoms. The second-order valence-corrected chi connectivity index (χ2v) is 4.56. The van der Waals surface area contributed by atoms with Gasteiger partial charge < -0.3 is 9.84 Å². The van der Waals surface area contributed by atoms with Gasteiger partial charge in [0.25, 0.3) is 0 Å². The number of hydrogen-bond acceptors (Lipinski definition) is 3. The number of phenols is 1. The molecular formula is C14H13BrO3. The van der Waals surface area contributed by atoms with Gasteiger partial charge in [0.05, 0.1) is 12.7 Å². The Labute approximate surface area is 114 Å². The number of halogens is 1. The molecule has 1 aromatic carbocycles. The van der Waals surface area contributed by atoms with Crippen molar-refractivity contribution in [2.45, 2.75) is 6.42 Å². The highest BCUT2D eigenvalue weighted by molar-refractivity contribution is 9.09. The predicted octanol–water partition coefficient (Wildman–Crippen LogP) is 2.83. The van der Waals surface area contributed by atoms with Gasteiger partial charge in [0.15, 0.2) is 0 Å². The summed E-state index contributed by atoms with van der Waals surface area (Å²) in [5, 5.41) is 10.1. The third-order valence-corrected chi connectivity index (χ3v) is 3.50. The number of rotatable bonds is 2. The number of benzene rings is 1. The molecule has 1 aliphatic carbocycles. The Hall–Kier alpha value is -1.55. The molecule has 0 fully saturated rings. The summed E-state index contributed by atoms with van der Waals surface area (Å²) in [6, 6.07) is 5.17. The van der Waals surface area contributed by atoms with E-state index in [1.54, 1.807) is 18.2 Å². The molecule has 0 heterocycles. The average molecular weight is 309 g/mol. The van der Waals surface area contributed by atoms with Crippen LogP contribution in [0.5, 0.6) is 5.75 Å². The van der Waals surface area contributed by atoms with Crippen molar-refractivity contribution >= 4 is 28.0 Å². The zero-order chi connectivity index (χ0) is 13.1. The normalized spacial score (nSPS) is 14.1. The Morgan fingerprint density at radius 1 is 1.50 bits per heavy atom. The number of ether oxygens (including phenoxy) is 1. The zero-order valence-corrected chi connectivity index (χ0v) is 11.5. The summed E-state index contributed by atoms with van der Waals surface area (Å²) in [5.41, 5.74) is 3.35. The van der Waals surface area contributed by atoms with Crippen LogP contribution in [0.1, 0.15) is 11.1 Å². The molecule has 3 nitrogen and oxygen atoms in total. The molecule has 1 N–H and O–H groups in total. The molecule has 1 aromatic rings. The first kappa shape index (κ1) is 12.9. The Morgan fingerprint density at radius 3 is 2.94 bits per heavy atom. The summed E-state index contributed by atoms with van der Waals surface area (Å²) in [4.78, 5) is 11.8. The molecule has 0 radical (unpaired) electrons. The number of phenolic OH excluding ortho intramolecular Hbond substituents is 1. The maximum absolute atomic E-state index is 11.8. The van der Waals surface area contributed by atoms with E-state index in [1.807, 2.05) is 12.1 Å². The fraction of sp³-hybridized carbons (Fsp3) is 0.214. The average Bonchev–Trinajstić information content (AvgIpc) is 2.56. The number of carbonyl (C=O) groups excluding carboxylic acids is 1. The summed E-state index contributed by atoms with van der Waals surface area (Å²) >= 11 is 3.38. The van der Waals surface area contributed by atoms with Crippen molar-refractivity contribution < 1.29 is 14.6 Å². The predicted molar refractivity (Wildman–Crippen MR) is 73.7 cm³/mol. The molecule has 2 rings (SSSR count). The maximum atomic E-state index is 11.8. The van der Waals surface area contributed by atoms with Crippen molar-refractivity contribution in [3.63, 3.8) is 0 Å². The highest BCUT2D eigenvalue weighted by atomic mass is 79.9. The van der Waals surface area contributed by atoms with Crippen LogP contribution in [0.15, 0.2) is 35.4 Å². The van der Waals surface area contributed by atoms with E-state index in [1.165, 1.54) is 7.11 Å². The number of alkyl halides is 1. The van der Waals surface area contributed by atoms with E-state index in [0.717, 1.165) is 23.1 Å². The number of fused-ring (bicyclic) bond motifs is 1. The van der Waals surface area contributed by atoms with E-state index < -0.39 is 0 Å². The Balaban J connectivity index is 2.55. The smallest absolute Gasteiger partial charge is 0.338 e. The molecule has 0 amide bonds. The lowest BCUT2D eigenvalue weighted by Gasteiger charge is -2.06. The van der Waals surface area contributed by atoms with Gasteiger partial charge in [-0.05, 0) is 41.3 Å². The Kier molecular flexibility index (Phi) is 3.87. The highest BCUT2D eigenvalue weighted by Gasteiger charge is 2.18. The van der Waals surface area contributed by atoms with Crippen LogP contribution in [0, 0.1) is 0 Å². The SMILES string of the molecule is COC(=O)C1=Cc2cc(O)ccc2CC=C1CBr. The van der Waals surface area contributed by atoms with Crippen molar-refractivity contribution in [1.82, 2.24) is 0 Å². The monoisotopic (exact) mass is 308 g/mol. The second-order valence-electron chi connectivity index (χ2n) is 4.00. The summed E-state index contributed by atoms with van der Waals surface area (Å²) < 4.78 is 4.79. The third kappa shape index (κ3) is 2.48. The fourth-order valence-corrected chi connectivity index (χ4v) is 2.45. The lowest BCUT2D eigenvalue weighted by atomic mass is 10.0. The molecule has 94 valence electrons. The number of hydrogen-bond donors (Lipinski definition) is 1. The molecule has 0 spiro atoms. The van der Waals surface area contributed by atoms with Gasteiger partial charge in [-0.1, -0.05) is 28.1 Å². The second kappa shape index (κ2) is 5.40. The molecule has 0 saturated heterocycles. The van der Waals surface area contributed by atoms with Gasteiger partial charge in [-0.3, -0.25) is 0 Å². The molecule has 0 aliphatic heterocycles. The van der Waals surface area contributed by atoms with Crippen molar-refractivity contribution in [3.8, 4) is 5.75 Å². The quantitative estimate of drug-likeness (QED) is 0.675. The van der Waals surface area contributed by atoms with E-state index in [9.17, 15) is 9.90 Å². The largest absolute Gasteiger partial charge is 0.508 e. The topological polar surface area (TPSA) is 46.5 Å². The molecule has 1 aliphatic rings. The molecular weight excluding hydrogens is 296 g/mol. The Bertz CT molecular complexity index is 544. The molecule has 0 atom stereocenters. The number of methoxy groups -OCH3 is 1. The van der Waals surface area contributed by atoms with Crippen LogP contribution in [0.2, 0.25) is 0 Å². The first-order valence-electron chi connectivity index (χ1n) is 5.53. The minimum Gasteiger partial charge on any atom is -0.508 e. The van der Waals surface area contributed by atoms with Gasteiger partial charge in [-0.25, -0.2) is 4.79 Å². The van der Waals surface area contributed by atoms with E-state index in [4.69, 9.17) is 4.74 Å². The molecule has 0 aromatic heterocycles. The van der Waals surface area contributed by atoms with E-state index in [-0.39, 0.29) is 11.7 Å². The van der Waals surface area contributed by atoms with Crippen LogP contribution in [0.3, 0.4) is 0 Å². The van der Waals surface area contributed by atoms with E-state index in [2.05, 4.69) is 15.9 Å². The highest BCUT2D eigenvalue weighted by Crippen LogP contribution is 2.27. The summed E-state index contributed by atoms with van der Waals surface area (Å²) in [6.45, 7) is 0. The number of carbonyl (C=O) groups is 1. The molecule has 0 saturated carbocycles. The maximum Gasteiger partial charge on any atom is 0.338 e. The van der Waals surface area contributed by atoms with Crippen LogP contribution in [-0.2, 0) is 16.0 Å². The molecule has 0 bridgehead atoms. The number of allylic oxidation sites excluding steroid dienone is 1. The van der Waals surface area contributed by atoms with Crippen molar-refractivity contribution in [3.05, 3.63) is 46.5 Å². The lowest BCUT2D eigenvalue weighted by molar-refractivity contribution is -0.135. The van der Waals surface area contributed by atoms with Crippen molar-refractivity contribution in [2.24, 2.45) is 0 Å². The van der Waals surface area contributed by atoms with Gasteiger partial charge in [0.1, 0.15) is 5.75 Å². The van der Waals surface area contributed by atoms with Crippen LogP contribution < -0.4 is 0 Å². The Morgan fingerprint density at radius 2 is 2.28 bits per heavy atom. The number of aromatic hydroxyl groups is 1.